The summed E-state index contributed by atoms with van der Waals surface area (Å²) < 4.78 is 0. The Kier molecular flexibility index (Phi) is 2.49. The Morgan fingerprint density at radius 1 is 1.33 bits per heavy atom. The molecule has 0 aromatic heterocycles. The zero-order valence-electron chi connectivity index (χ0n) is 5.68. The second-order valence-corrected chi connectivity index (χ2v) is 2.82. The highest BCUT2D eigenvalue weighted by atomic mass is 16.3. The van der Waals surface area contributed by atoms with Gasteiger partial charge in [-0.1, -0.05) is 12.8 Å². The summed E-state index contributed by atoms with van der Waals surface area (Å²) in [5, 5.41) is 11.0. The second kappa shape index (κ2) is 3.18. The molecular formula is C7H14NO. The molecule has 0 heterocycles. The second-order valence-electron chi connectivity index (χ2n) is 2.82. The average Bonchev–Trinajstić information content (AvgIpc) is 1.89. The van der Waals surface area contributed by atoms with Crippen LogP contribution in [0.25, 0.3) is 0 Å². The fraction of sp³-hybridized carbons (Fsp3) is 1.00. The van der Waals surface area contributed by atoms with E-state index in [4.69, 9.17) is 5.73 Å². The first kappa shape index (κ1) is 7.03. The summed E-state index contributed by atoms with van der Waals surface area (Å²) >= 11 is 0. The fourth-order valence-electron chi connectivity index (χ4n) is 1.44. The van der Waals surface area contributed by atoms with Gasteiger partial charge >= 0.3 is 0 Å². The Morgan fingerprint density at radius 2 is 2.00 bits per heavy atom. The van der Waals surface area contributed by atoms with Crippen LogP contribution in [0.1, 0.15) is 25.7 Å². The van der Waals surface area contributed by atoms with Crippen LogP contribution in [0.2, 0.25) is 0 Å². The molecule has 1 aliphatic carbocycles. The van der Waals surface area contributed by atoms with Crippen molar-refractivity contribution in [3.8, 4) is 0 Å². The van der Waals surface area contributed by atoms with Gasteiger partial charge in [-0.15, -0.1) is 0 Å². The number of rotatable bonds is 1. The van der Waals surface area contributed by atoms with Crippen LogP contribution in [0.4, 0.5) is 0 Å². The van der Waals surface area contributed by atoms with Gasteiger partial charge in [-0.25, -0.2) is 5.11 Å². The van der Waals surface area contributed by atoms with Gasteiger partial charge in [0, 0.05) is 5.92 Å². The van der Waals surface area contributed by atoms with Crippen LogP contribution in [0.3, 0.4) is 0 Å². The largest absolute Gasteiger partial charge is 0.330 e. The molecule has 9 heavy (non-hydrogen) atoms. The Bertz CT molecular complexity index is 85.0. The van der Waals surface area contributed by atoms with Crippen molar-refractivity contribution in [2.75, 3.05) is 6.54 Å². The van der Waals surface area contributed by atoms with Crippen molar-refractivity contribution >= 4 is 0 Å². The van der Waals surface area contributed by atoms with Crippen LogP contribution in [0.15, 0.2) is 0 Å². The molecule has 0 spiro atoms. The van der Waals surface area contributed by atoms with E-state index >= 15 is 0 Å². The normalized spacial score (nSPS) is 36.7. The first-order chi connectivity index (χ1) is 4.34. The third kappa shape index (κ3) is 1.66. The fourth-order valence-corrected chi connectivity index (χ4v) is 1.44. The van der Waals surface area contributed by atoms with Crippen molar-refractivity contribution in [2.45, 2.75) is 31.8 Å². The molecule has 0 bridgehead atoms. The van der Waals surface area contributed by atoms with Crippen LogP contribution >= 0.6 is 0 Å². The molecule has 2 unspecified atom stereocenters. The van der Waals surface area contributed by atoms with Crippen molar-refractivity contribution in [3.63, 3.8) is 0 Å². The van der Waals surface area contributed by atoms with E-state index < -0.39 is 0 Å². The molecule has 0 saturated heterocycles. The predicted octanol–water partition coefficient (Wildman–Crippen LogP) is 0.934. The molecule has 0 amide bonds. The summed E-state index contributed by atoms with van der Waals surface area (Å²) in [5.41, 5.74) is 5.39. The highest BCUT2D eigenvalue weighted by Gasteiger charge is 2.22. The van der Waals surface area contributed by atoms with Crippen LogP contribution in [-0.4, -0.2) is 12.6 Å². The van der Waals surface area contributed by atoms with Gasteiger partial charge in [-0.2, -0.15) is 0 Å². The average molecular weight is 128 g/mol. The summed E-state index contributed by atoms with van der Waals surface area (Å²) in [5.74, 6) is 0.277. The summed E-state index contributed by atoms with van der Waals surface area (Å²) in [6.45, 7) is 0.591. The van der Waals surface area contributed by atoms with Gasteiger partial charge in [-0.3, -0.25) is 0 Å². The van der Waals surface area contributed by atoms with Crippen molar-refractivity contribution in [2.24, 2.45) is 11.7 Å². The maximum absolute atomic E-state index is 11.0. The van der Waals surface area contributed by atoms with E-state index in [0.29, 0.717) is 6.54 Å². The molecule has 0 aromatic carbocycles. The molecule has 1 aliphatic rings. The van der Waals surface area contributed by atoms with E-state index in [2.05, 4.69) is 0 Å². The summed E-state index contributed by atoms with van der Waals surface area (Å²) in [7, 11) is 0. The van der Waals surface area contributed by atoms with Gasteiger partial charge in [0.05, 0.1) is 6.10 Å². The molecule has 2 atom stereocenters. The molecular weight excluding hydrogens is 114 g/mol. The lowest BCUT2D eigenvalue weighted by molar-refractivity contribution is 0.0118. The minimum absolute atomic E-state index is 0.277. The van der Waals surface area contributed by atoms with Crippen LogP contribution in [-0.2, 0) is 5.11 Å². The van der Waals surface area contributed by atoms with Crippen molar-refractivity contribution < 1.29 is 5.11 Å². The van der Waals surface area contributed by atoms with Gasteiger partial charge in [0.2, 0.25) is 0 Å². The smallest absolute Gasteiger partial charge is 0.0970 e. The maximum Gasteiger partial charge on any atom is 0.0970 e. The molecule has 1 rings (SSSR count). The Morgan fingerprint density at radius 3 is 2.44 bits per heavy atom. The third-order valence-corrected chi connectivity index (χ3v) is 2.14. The zero-order chi connectivity index (χ0) is 6.69. The van der Waals surface area contributed by atoms with E-state index in [0.717, 1.165) is 19.3 Å². The molecule has 1 fully saturated rings. The van der Waals surface area contributed by atoms with E-state index in [1.54, 1.807) is 0 Å². The molecule has 2 nitrogen and oxygen atoms in total. The molecule has 2 heteroatoms. The molecule has 1 radical (unpaired) electrons. The summed E-state index contributed by atoms with van der Waals surface area (Å²) in [4.78, 5) is 0. The predicted molar refractivity (Wildman–Crippen MR) is 35.5 cm³/mol. The highest BCUT2D eigenvalue weighted by molar-refractivity contribution is 4.74. The number of hydrogen-bond donors (Lipinski definition) is 1. The Balaban J connectivity index is 2.30. The van der Waals surface area contributed by atoms with Gasteiger partial charge in [0.1, 0.15) is 0 Å². The third-order valence-electron chi connectivity index (χ3n) is 2.14. The zero-order valence-corrected chi connectivity index (χ0v) is 5.68. The Hall–Kier alpha value is -0.0800. The quantitative estimate of drug-likeness (QED) is 0.561. The lowest BCUT2D eigenvalue weighted by Gasteiger charge is -2.23. The van der Waals surface area contributed by atoms with Crippen LogP contribution in [0, 0.1) is 5.92 Å². The van der Waals surface area contributed by atoms with Gasteiger partial charge < -0.3 is 5.73 Å². The summed E-state index contributed by atoms with van der Waals surface area (Å²) in [6.07, 6.45) is 3.88. The van der Waals surface area contributed by atoms with Crippen molar-refractivity contribution in [1.82, 2.24) is 0 Å². The van der Waals surface area contributed by atoms with Gasteiger partial charge in [0.15, 0.2) is 0 Å². The summed E-state index contributed by atoms with van der Waals surface area (Å²) in [6, 6.07) is 0. The molecule has 0 aromatic rings. The topological polar surface area (TPSA) is 45.9 Å². The first-order valence-corrected chi connectivity index (χ1v) is 3.70. The van der Waals surface area contributed by atoms with E-state index in [-0.39, 0.29) is 12.0 Å². The number of nitrogens with two attached hydrogens (primary N) is 1. The number of hydrogen-bond acceptors (Lipinski definition) is 1. The van der Waals surface area contributed by atoms with Crippen molar-refractivity contribution in [3.05, 3.63) is 0 Å². The van der Waals surface area contributed by atoms with E-state index in [1.807, 2.05) is 0 Å². The van der Waals surface area contributed by atoms with Crippen LogP contribution < -0.4 is 5.73 Å². The highest BCUT2D eigenvalue weighted by Crippen LogP contribution is 2.23. The lowest BCUT2D eigenvalue weighted by atomic mass is 9.87. The maximum atomic E-state index is 11.0. The van der Waals surface area contributed by atoms with E-state index in [9.17, 15) is 5.11 Å². The molecule has 0 aliphatic heterocycles. The SMILES string of the molecule is NCC1CCCCC1[O]. The van der Waals surface area contributed by atoms with E-state index in [1.165, 1.54) is 6.42 Å². The minimum atomic E-state index is -0.358. The first-order valence-electron chi connectivity index (χ1n) is 3.70. The molecule has 2 N–H and O–H groups in total. The Labute approximate surface area is 56.1 Å². The standard InChI is InChI=1S/C7H14NO/c8-5-6-3-1-2-4-7(6)9/h6-7H,1-5,8H2. The van der Waals surface area contributed by atoms with Crippen molar-refractivity contribution in [1.29, 1.82) is 0 Å². The van der Waals surface area contributed by atoms with Gasteiger partial charge in [0.25, 0.3) is 0 Å². The molecule has 53 valence electrons. The van der Waals surface area contributed by atoms with Crippen LogP contribution in [0.5, 0.6) is 0 Å². The monoisotopic (exact) mass is 128 g/mol. The minimum Gasteiger partial charge on any atom is -0.330 e. The molecule has 1 saturated carbocycles. The van der Waals surface area contributed by atoms with Gasteiger partial charge in [-0.05, 0) is 19.4 Å². The lowest BCUT2D eigenvalue weighted by Crippen LogP contribution is -2.29.